The van der Waals surface area contributed by atoms with Gasteiger partial charge in [-0.15, -0.1) is 10.2 Å². The van der Waals surface area contributed by atoms with Crippen molar-refractivity contribution in [3.8, 4) is 0 Å². The molecule has 0 fully saturated rings. The molecule has 0 radical (unpaired) electrons. The first-order valence-corrected chi connectivity index (χ1v) is 10.1. The van der Waals surface area contributed by atoms with Crippen LogP contribution >= 0.6 is 27.7 Å². The lowest BCUT2D eigenvalue weighted by atomic mass is 9.97. The lowest BCUT2D eigenvalue weighted by Gasteiger charge is -2.16. The summed E-state index contributed by atoms with van der Waals surface area (Å²) < 4.78 is 2.84. The number of aromatic nitrogens is 4. The van der Waals surface area contributed by atoms with Gasteiger partial charge in [-0.2, -0.15) is 0 Å². The highest BCUT2D eigenvalue weighted by atomic mass is 79.9. The Labute approximate surface area is 161 Å². The minimum Gasteiger partial charge on any atom is -0.325 e. The number of carbonyl (C=O) groups is 1. The van der Waals surface area contributed by atoms with E-state index in [0.717, 1.165) is 47.1 Å². The molecule has 0 saturated carbocycles. The summed E-state index contributed by atoms with van der Waals surface area (Å²) >= 11 is 4.68. The molecule has 134 valence electrons. The highest BCUT2D eigenvalue weighted by molar-refractivity contribution is 9.10. The number of aromatic amines is 1. The Hall–Kier alpha value is -2.13. The summed E-state index contributed by atoms with van der Waals surface area (Å²) in [5, 5.41) is 11.7. The molecule has 3 aromatic rings. The zero-order chi connectivity index (χ0) is 18.1. The predicted octanol–water partition coefficient (Wildman–Crippen LogP) is 2.79. The summed E-state index contributed by atoms with van der Waals surface area (Å²) in [6.45, 7) is 0. The number of rotatable bonds is 4. The van der Waals surface area contributed by atoms with Crippen molar-refractivity contribution in [2.75, 3.05) is 11.1 Å². The number of benzene rings is 1. The molecule has 2 aromatic heterocycles. The largest absolute Gasteiger partial charge is 0.325 e. The molecule has 0 atom stereocenters. The second-order valence-electron chi connectivity index (χ2n) is 6.07. The average Bonchev–Trinajstić information content (AvgIpc) is 3.05. The Morgan fingerprint density at radius 2 is 2.00 bits per heavy atom. The first-order valence-electron chi connectivity index (χ1n) is 8.29. The van der Waals surface area contributed by atoms with Gasteiger partial charge in [0.05, 0.1) is 5.75 Å². The molecule has 0 bridgehead atoms. The molecular formula is C17H16BrN5O2S. The maximum absolute atomic E-state index is 12.2. The van der Waals surface area contributed by atoms with E-state index in [0.29, 0.717) is 10.9 Å². The lowest BCUT2D eigenvalue weighted by molar-refractivity contribution is -0.113. The molecule has 2 N–H and O–H groups in total. The molecule has 0 aliphatic heterocycles. The van der Waals surface area contributed by atoms with Crippen molar-refractivity contribution in [3.63, 3.8) is 0 Å². The molecule has 7 nitrogen and oxygen atoms in total. The second-order valence-corrected chi connectivity index (χ2v) is 7.93. The van der Waals surface area contributed by atoms with Crippen LogP contribution in [0.5, 0.6) is 0 Å². The molecule has 9 heteroatoms. The van der Waals surface area contributed by atoms with Crippen molar-refractivity contribution in [2.24, 2.45) is 0 Å². The van der Waals surface area contributed by atoms with E-state index in [-0.39, 0.29) is 17.2 Å². The Balaban J connectivity index is 1.53. The molecule has 2 heterocycles. The van der Waals surface area contributed by atoms with Gasteiger partial charge in [0.2, 0.25) is 11.7 Å². The number of nitrogens with zero attached hydrogens (tertiary/aromatic N) is 3. The van der Waals surface area contributed by atoms with Crippen LogP contribution in [-0.4, -0.2) is 31.2 Å². The highest BCUT2D eigenvalue weighted by Crippen LogP contribution is 2.24. The number of aryl methyl sites for hydroxylation is 1. The van der Waals surface area contributed by atoms with E-state index in [2.05, 4.69) is 36.4 Å². The molecule has 1 aromatic carbocycles. The zero-order valence-corrected chi connectivity index (χ0v) is 16.2. The van der Waals surface area contributed by atoms with Crippen LogP contribution in [0.25, 0.3) is 5.78 Å². The number of amides is 1. The first-order chi connectivity index (χ1) is 12.6. The van der Waals surface area contributed by atoms with Gasteiger partial charge in [0.25, 0.3) is 5.56 Å². The number of hydrogen-bond donors (Lipinski definition) is 2. The lowest BCUT2D eigenvalue weighted by Crippen LogP contribution is -2.23. The molecule has 4 rings (SSSR count). The van der Waals surface area contributed by atoms with Gasteiger partial charge < -0.3 is 5.32 Å². The Bertz CT molecular complexity index is 1030. The SMILES string of the molecule is O=C(CSc1nnc2[nH]c(=O)c3c(n12)CCCC3)Nc1ccc(Br)cc1. The topological polar surface area (TPSA) is 92.2 Å². The van der Waals surface area contributed by atoms with Crippen molar-refractivity contribution in [1.82, 2.24) is 19.6 Å². The monoisotopic (exact) mass is 433 g/mol. The third-order valence-corrected chi connectivity index (χ3v) is 5.76. The van der Waals surface area contributed by atoms with Crippen LogP contribution in [0.3, 0.4) is 0 Å². The van der Waals surface area contributed by atoms with E-state index in [1.165, 1.54) is 11.8 Å². The highest BCUT2D eigenvalue weighted by Gasteiger charge is 2.20. The van der Waals surface area contributed by atoms with Crippen molar-refractivity contribution in [1.29, 1.82) is 0 Å². The number of thioether (sulfide) groups is 1. The van der Waals surface area contributed by atoms with Crippen LogP contribution in [0.1, 0.15) is 24.1 Å². The summed E-state index contributed by atoms with van der Waals surface area (Å²) in [4.78, 5) is 27.2. The molecule has 1 amide bonds. The van der Waals surface area contributed by atoms with Crippen LogP contribution in [-0.2, 0) is 17.6 Å². The van der Waals surface area contributed by atoms with E-state index in [1.807, 2.05) is 28.7 Å². The summed E-state index contributed by atoms with van der Waals surface area (Å²) in [5.41, 5.74) is 2.44. The number of hydrogen-bond acceptors (Lipinski definition) is 5. The van der Waals surface area contributed by atoms with Crippen molar-refractivity contribution in [2.45, 2.75) is 30.8 Å². The van der Waals surface area contributed by atoms with Crippen LogP contribution in [0.2, 0.25) is 0 Å². The van der Waals surface area contributed by atoms with E-state index in [1.54, 1.807) is 0 Å². The van der Waals surface area contributed by atoms with Gasteiger partial charge >= 0.3 is 0 Å². The summed E-state index contributed by atoms with van der Waals surface area (Å²) in [6, 6.07) is 7.41. The minimum atomic E-state index is -0.118. The molecule has 26 heavy (non-hydrogen) atoms. The van der Waals surface area contributed by atoms with Gasteiger partial charge in [-0.25, -0.2) is 0 Å². The summed E-state index contributed by atoms with van der Waals surface area (Å²) in [7, 11) is 0. The van der Waals surface area contributed by atoms with Crippen LogP contribution in [0.15, 0.2) is 38.7 Å². The van der Waals surface area contributed by atoms with Gasteiger partial charge in [0, 0.05) is 21.4 Å². The quantitative estimate of drug-likeness (QED) is 0.617. The average molecular weight is 434 g/mol. The number of anilines is 1. The normalized spacial score (nSPS) is 13.6. The third kappa shape index (κ3) is 3.41. The number of nitrogens with one attached hydrogen (secondary N) is 2. The van der Waals surface area contributed by atoms with Crippen molar-refractivity contribution < 1.29 is 4.79 Å². The molecule has 1 aliphatic carbocycles. The van der Waals surface area contributed by atoms with Crippen LogP contribution in [0, 0.1) is 0 Å². The van der Waals surface area contributed by atoms with Gasteiger partial charge in [0.15, 0.2) is 5.16 Å². The van der Waals surface area contributed by atoms with Gasteiger partial charge in [-0.1, -0.05) is 27.7 Å². The van der Waals surface area contributed by atoms with E-state index in [4.69, 9.17) is 0 Å². The number of fused-ring (bicyclic) bond motifs is 3. The van der Waals surface area contributed by atoms with E-state index in [9.17, 15) is 9.59 Å². The fourth-order valence-electron chi connectivity index (χ4n) is 3.11. The summed E-state index contributed by atoms with van der Waals surface area (Å²) in [6.07, 6.45) is 3.65. The fourth-order valence-corrected chi connectivity index (χ4v) is 4.13. The maximum Gasteiger partial charge on any atom is 0.255 e. The van der Waals surface area contributed by atoms with Crippen molar-refractivity contribution >= 4 is 45.1 Å². The van der Waals surface area contributed by atoms with Gasteiger partial charge in [0.1, 0.15) is 0 Å². The van der Waals surface area contributed by atoms with Gasteiger partial charge in [-0.3, -0.25) is 19.0 Å². The minimum absolute atomic E-state index is 0.0795. The second kappa shape index (κ2) is 7.24. The van der Waals surface area contributed by atoms with Crippen molar-refractivity contribution in [3.05, 3.63) is 50.3 Å². The zero-order valence-electron chi connectivity index (χ0n) is 13.8. The first kappa shape index (κ1) is 17.3. The molecular weight excluding hydrogens is 418 g/mol. The van der Waals surface area contributed by atoms with Crippen LogP contribution in [0.4, 0.5) is 5.69 Å². The Kier molecular flexibility index (Phi) is 4.82. The molecule has 0 saturated heterocycles. The predicted molar refractivity (Wildman–Crippen MR) is 104 cm³/mol. The molecule has 0 unspecified atom stereocenters. The van der Waals surface area contributed by atoms with Gasteiger partial charge in [-0.05, 0) is 49.9 Å². The molecule has 0 spiro atoms. The van der Waals surface area contributed by atoms with E-state index >= 15 is 0 Å². The smallest absolute Gasteiger partial charge is 0.255 e. The number of carbonyl (C=O) groups excluding carboxylic acids is 1. The Morgan fingerprint density at radius 3 is 2.81 bits per heavy atom. The summed E-state index contributed by atoms with van der Waals surface area (Å²) in [5.74, 6) is 0.531. The van der Waals surface area contributed by atoms with Crippen LogP contribution < -0.4 is 10.9 Å². The molecule has 1 aliphatic rings. The number of halogens is 1. The Morgan fingerprint density at radius 1 is 1.23 bits per heavy atom. The number of H-pyrrole nitrogens is 1. The van der Waals surface area contributed by atoms with E-state index < -0.39 is 0 Å². The standard InChI is InChI=1S/C17H16BrN5O2S/c18-10-5-7-11(8-6-10)19-14(24)9-26-17-22-21-16-20-15(25)12-3-1-2-4-13(12)23(16)17/h5-8H,1-4,9H2,(H,19,24)(H,20,21,25). The fraction of sp³-hybridized carbons (Fsp3) is 0.294. The maximum atomic E-state index is 12.2. The third-order valence-electron chi connectivity index (χ3n) is 4.30.